The lowest BCUT2D eigenvalue weighted by atomic mass is 10.0. The Bertz CT molecular complexity index is 1240. The summed E-state index contributed by atoms with van der Waals surface area (Å²) in [5.41, 5.74) is 4.94. The molecular formula is C22H24FN5O2. The Hall–Kier alpha value is -3.68. The number of nitrogens with one attached hydrogen (secondary N) is 2. The number of anilines is 1. The van der Waals surface area contributed by atoms with Crippen LogP contribution in [-0.4, -0.2) is 32.4 Å². The SMILES string of the molecule is CC=O.CCn1c(=O)n(C)c2cc(-c3nc(NC)[nH]c3-c3ccc(F)cc3)ccc21. The van der Waals surface area contributed by atoms with Crippen molar-refractivity contribution >= 4 is 23.3 Å². The highest BCUT2D eigenvalue weighted by atomic mass is 19.1. The lowest BCUT2D eigenvalue weighted by molar-refractivity contribution is -0.106. The first-order valence-corrected chi connectivity index (χ1v) is 9.58. The van der Waals surface area contributed by atoms with Crippen molar-refractivity contribution in [2.24, 2.45) is 7.05 Å². The lowest BCUT2D eigenvalue weighted by Crippen LogP contribution is -2.21. The largest absolute Gasteiger partial charge is 0.359 e. The molecule has 156 valence electrons. The van der Waals surface area contributed by atoms with E-state index in [1.54, 1.807) is 35.4 Å². The normalized spacial score (nSPS) is 10.6. The summed E-state index contributed by atoms with van der Waals surface area (Å²) < 4.78 is 16.7. The van der Waals surface area contributed by atoms with Crippen LogP contribution in [0.5, 0.6) is 0 Å². The molecule has 0 atom stereocenters. The quantitative estimate of drug-likeness (QED) is 0.502. The number of aryl methyl sites for hydroxylation is 2. The molecule has 0 aliphatic carbocycles. The summed E-state index contributed by atoms with van der Waals surface area (Å²) in [4.78, 5) is 29.1. The van der Waals surface area contributed by atoms with Crippen molar-refractivity contribution in [1.29, 1.82) is 0 Å². The van der Waals surface area contributed by atoms with Crippen molar-refractivity contribution < 1.29 is 9.18 Å². The molecule has 4 aromatic rings. The first-order valence-electron chi connectivity index (χ1n) is 9.58. The summed E-state index contributed by atoms with van der Waals surface area (Å²) in [7, 11) is 3.55. The van der Waals surface area contributed by atoms with Crippen molar-refractivity contribution in [1.82, 2.24) is 19.1 Å². The van der Waals surface area contributed by atoms with Gasteiger partial charge in [-0.1, -0.05) is 6.07 Å². The zero-order valence-corrected chi connectivity index (χ0v) is 17.4. The number of aldehydes is 1. The molecule has 8 heteroatoms. The highest BCUT2D eigenvalue weighted by Crippen LogP contribution is 2.33. The summed E-state index contributed by atoms with van der Waals surface area (Å²) in [5.74, 6) is 0.329. The molecule has 0 radical (unpaired) electrons. The highest BCUT2D eigenvalue weighted by molar-refractivity contribution is 5.87. The van der Waals surface area contributed by atoms with Crippen LogP contribution < -0.4 is 11.0 Å². The fraction of sp³-hybridized carbons (Fsp3) is 0.227. The zero-order valence-electron chi connectivity index (χ0n) is 17.4. The predicted octanol–water partition coefficient (Wildman–Crippen LogP) is 3.80. The third kappa shape index (κ3) is 3.76. The Labute approximate surface area is 173 Å². The monoisotopic (exact) mass is 409 g/mol. The molecule has 0 spiro atoms. The third-order valence-electron chi connectivity index (χ3n) is 4.81. The molecule has 0 unspecified atom stereocenters. The number of imidazole rings is 2. The lowest BCUT2D eigenvalue weighted by Gasteiger charge is -2.05. The molecule has 2 aromatic carbocycles. The van der Waals surface area contributed by atoms with Crippen LogP contribution in [0.1, 0.15) is 13.8 Å². The molecule has 0 fully saturated rings. The molecule has 7 nitrogen and oxygen atoms in total. The van der Waals surface area contributed by atoms with Crippen molar-refractivity contribution in [3.63, 3.8) is 0 Å². The van der Waals surface area contributed by atoms with Gasteiger partial charge in [-0.05, 0) is 50.2 Å². The van der Waals surface area contributed by atoms with Crippen molar-refractivity contribution in [2.75, 3.05) is 12.4 Å². The second-order valence-corrected chi connectivity index (χ2v) is 6.59. The van der Waals surface area contributed by atoms with E-state index in [0.717, 1.165) is 39.8 Å². The average Bonchev–Trinajstić information content (AvgIpc) is 3.28. The summed E-state index contributed by atoms with van der Waals surface area (Å²) in [6.07, 6.45) is 0.750. The minimum atomic E-state index is -0.286. The predicted molar refractivity (Wildman–Crippen MR) is 117 cm³/mol. The number of aromatic nitrogens is 4. The van der Waals surface area contributed by atoms with Gasteiger partial charge < -0.3 is 15.1 Å². The van der Waals surface area contributed by atoms with Gasteiger partial charge in [-0.2, -0.15) is 0 Å². The highest BCUT2D eigenvalue weighted by Gasteiger charge is 2.16. The number of halogens is 1. The fourth-order valence-corrected chi connectivity index (χ4v) is 3.39. The maximum absolute atomic E-state index is 13.3. The van der Waals surface area contributed by atoms with E-state index in [2.05, 4.69) is 15.3 Å². The number of aromatic amines is 1. The van der Waals surface area contributed by atoms with Crippen LogP contribution in [0.2, 0.25) is 0 Å². The maximum atomic E-state index is 13.3. The van der Waals surface area contributed by atoms with Gasteiger partial charge in [0.05, 0.1) is 22.4 Å². The Morgan fingerprint density at radius 1 is 1.13 bits per heavy atom. The van der Waals surface area contributed by atoms with Crippen molar-refractivity contribution in [3.05, 3.63) is 58.8 Å². The van der Waals surface area contributed by atoms with Gasteiger partial charge >= 0.3 is 5.69 Å². The molecule has 30 heavy (non-hydrogen) atoms. The van der Waals surface area contributed by atoms with E-state index in [1.807, 2.05) is 25.1 Å². The molecule has 0 saturated carbocycles. The Morgan fingerprint density at radius 3 is 2.37 bits per heavy atom. The van der Waals surface area contributed by atoms with Gasteiger partial charge in [-0.25, -0.2) is 14.2 Å². The van der Waals surface area contributed by atoms with Crippen molar-refractivity contribution in [3.8, 4) is 22.5 Å². The number of carbonyl (C=O) groups excluding carboxylic acids is 1. The summed E-state index contributed by atoms with van der Waals surface area (Å²) in [5, 5.41) is 3.01. The molecule has 0 amide bonds. The van der Waals surface area contributed by atoms with Crippen molar-refractivity contribution in [2.45, 2.75) is 20.4 Å². The van der Waals surface area contributed by atoms with E-state index >= 15 is 0 Å². The van der Waals surface area contributed by atoms with Crippen LogP contribution >= 0.6 is 0 Å². The van der Waals surface area contributed by atoms with Crippen LogP contribution in [0.15, 0.2) is 47.3 Å². The second-order valence-electron chi connectivity index (χ2n) is 6.59. The summed E-state index contributed by atoms with van der Waals surface area (Å²) >= 11 is 0. The minimum Gasteiger partial charge on any atom is -0.359 e. The number of hydrogen-bond acceptors (Lipinski definition) is 4. The molecule has 0 saturated heterocycles. The number of fused-ring (bicyclic) bond motifs is 1. The molecule has 0 aliphatic heterocycles. The van der Waals surface area contributed by atoms with Gasteiger partial charge in [0.2, 0.25) is 5.95 Å². The van der Waals surface area contributed by atoms with Crippen LogP contribution in [-0.2, 0) is 18.4 Å². The molecule has 4 rings (SSSR count). The smallest absolute Gasteiger partial charge is 0.328 e. The minimum absolute atomic E-state index is 0.0404. The Morgan fingerprint density at radius 2 is 1.77 bits per heavy atom. The van der Waals surface area contributed by atoms with Gasteiger partial charge in [0.1, 0.15) is 12.1 Å². The molecule has 0 bridgehead atoms. The number of benzene rings is 2. The molecular weight excluding hydrogens is 385 g/mol. The summed E-state index contributed by atoms with van der Waals surface area (Å²) in [6.45, 7) is 4.01. The first-order chi connectivity index (χ1) is 14.4. The van der Waals surface area contributed by atoms with Crippen LogP contribution in [0.3, 0.4) is 0 Å². The van der Waals surface area contributed by atoms with Gasteiger partial charge in [-0.15, -0.1) is 0 Å². The number of rotatable bonds is 4. The Balaban J connectivity index is 0.000000806. The van der Waals surface area contributed by atoms with Crippen LogP contribution in [0.4, 0.5) is 10.3 Å². The molecule has 0 aliphatic rings. The van der Waals surface area contributed by atoms with E-state index in [4.69, 9.17) is 4.79 Å². The van der Waals surface area contributed by atoms with E-state index in [9.17, 15) is 9.18 Å². The molecule has 2 aromatic heterocycles. The van der Waals surface area contributed by atoms with E-state index in [1.165, 1.54) is 19.1 Å². The molecule has 2 N–H and O–H groups in total. The van der Waals surface area contributed by atoms with Gasteiger partial charge in [0.25, 0.3) is 0 Å². The maximum Gasteiger partial charge on any atom is 0.328 e. The van der Waals surface area contributed by atoms with Gasteiger partial charge in [0, 0.05) is 31.8 Å². The topological polar surface area (TPSA) is 84.7 Å². The van der Waals surface area contributed by atoms with Gasteiger partial charge in [-0.3, -0.25) is 9.13 Å². The Kier molecular flexibility index (Phi) is 6.15. The third-order valence-corrected chi connectivity index (χ3v) is 4.81. The fourth-order valence-electron chi connectivity index (χ4n) is 3.39. The number of nitrogens with zero attached hydrogens (tertiary/aromatic N) is 3. The van der Waals surface area contributed by atoms with E-state index in [-0.39, 0.29) is 11.5 Å². The second kappa shape index (κ2) is 8.77. The van der Waals surface area contributed by atoms with E-state index < -0.39 is 0 Å². The number of carbonyl (C=O) groups is 1. The standard InChI is InChI=1S/C20H20FN5O.C2H4O/c1-4-26-15-10-7-13(11-16(15)25(3)20(26)27)18-17(23-19(22-2)24-18)12-5-8-14(21)9-6-12;1-2-3/h5-11H,4H2,1-3H3,(H2,22,23,24);2H,1H3. The molecule has 2 heterocycles. The number of hydrogen-bond donors (Lipinski definition) is 2. The first kappa shape index (κ1) is 21.0. The van der Waals surface area contributed by atoms with Crippen LogP contribution in [0.25, 0.3) is 33.5 Å². The zero-order chi connectivity index (χ0) is 21.8. The van der Waals surface area contributed by atoms with Gasteiger partial charge in [0.15, 0.2) is 0 Å². The number of H-pyrrole nitrogens is 1. The van der Waals surface area contributed by atoms with E-state index in [0.29, 0.717) is 12.5 Å². The average molecular weight is 409 g/mol. The summed E-state index contributed by atoms with van der Waals surface area (Å²) in [6, 6.07) is 12.1. The van der Waals surface area contributed by atoms with Crippen LogP contribution in [0, 0.1) is 5.82 Å².